The molecule has 0 fully saturated rings. The number of benzene rings is 1. The Morgan fingerprint density at radius 3 is 2.64 bits per heavy atom. The lowest BCUT2D eigenvalue weighted by Gasteiger charge is -2.04. The van der Waals surface area contributed by atoms with E-state index in [-0.39, 0.29) is 6.15 Å². The Morgan fingerprint density at radius 1 is 1.14 bits per heavy atom. The molecule has 1 aliphatic rings. The Balaban J connectivity index is 0.000000293. The highest BCUT2D eigenvalue weighted by Crippen LogP contribution is 2.22. The predicted molar refractivity (Wildman–Crippen MR) is 49.9 cm³/mol. The lowest BCUT2D eigenvalue weighted by molar-refractivity contribution is -0.191. The van der Waals surface area contributed by atoms with Crippen molar-refractivity contribution in [2.75, 3.05) is 6.61 Å². The van der Waals surface area contributed by atoms with Crippen LogP contribution in [-0.2, 0) is 16.0 Å². The lowest BCUT2D eigenvalue weighted by Crippen LogP contribution is -1.93. The van der Waals surface area contributed by atoms with Crippen molar-refractivity contribution in [1.29, 1.82) is 0 Å². The molecule has 0 aliphatic carbocycles. The fraction of sp³-hybridized carbons (Fsp3) is 0.364. The summed E-state index contributed by atoms with van der Waals surface area (Å²) in [6.07, 6.45) is 3.88. The maximum absolute atomic E-state index is 8.12. The van der Waals surface area contributed by atoms with Crippen LogP contribution < -0.4 is 4.74 Å². The van der Waals surface area contributed by atoms with Gasteiger partial charge in [-0.1, -0.05) is 18.2 Å². The summed E-state index contributed by atoms with van der Waals surface area (Å²) in [6.45, 7) is 0.886. The molecule has 0 saturated heterocycles. The third-order valence-corrected chi connectivity index (χ3v) is 2.07. The summed E-state index contributed by atoms with van der Waals surface area (Å²) in [5.41, 5.74) is 1.37. The van der Waals surface area contributed by atoms with Crippen LogP contribution in [0.15, 0.2) is 24.3 Å². The van der Waals surface area contributed by atoms with Crippen molar-refractivity contribution in [3.8, 4) is 5.75 Å². The summed E-state index contributed by atoms with van der Waals surface area (Å²) in [5, 5.41) is 0. The molecule has 1 heterocycles. The summed E-state index contributed by atoms with van der Waals surface area (Å²) >= 11 is 0. The van der Waals surface area contributed by atoms with Gasteiger partial charge in [0.25, 0.3) is 0 Å². The van der Waals surface area contributed by atoms with Crippen molar-refractivity contribution in [3.05, 3.63) is 29.8 Å². The number of para-hydroxylation sites is 1. The Bertz CT molecular complexity index is 289. The van der Waals surface area contributed by atoms with Crippen LogP contribution in [0.4, 0.5) is 0 Å². The van der Waals surface area contributed by atoms with Crippen molar-refractivity contribution < 1.29 is 14.3 Å². The SMILES string of the molecule is O=C=O.c1ccc2c(c1)CCCCO2. The summed E-state index contributed by atoms with van der Waals surface area (Å²) < 4.78 is 5.55. The van der Waals surface area contributed by atoms with E-state index in [1.54, 1.807) is 0 Å². The van der Waals surface area contributed by atoms with Gasteiger partial charge in [0.1, 0.15) is 5.75 Å². The number of aryl methyl sites for hydroxylation is 1. The van der Waals surface area contributed by atoms with Gasteiger partial charge in [0.05, 0.1) is 6.61 Å². The molecular weight excluding hydrogens is 180 g/mol. The zero-order valence-electron chi connectivity index (χ0n) is 7.86. The molecule has 0 aromatic heterocycles. The molecule has 1 aromatic carbocycles. The van der Waals surface area contributed by atoms with E-state index in [1.807, 2.05) is 6.07 Å². The number of fused-ring (bicyclic) bond motifs is 1. The third-order valence-electron chi connectivity index (χ3n) is 2.07. The monoisotopic (exact) mass is 192 g/mol. The van der Waals surface area contributed by atoms with Gasteiger partial charge in [-0.25, -0.2) is 0 Å². The summed E-state index contributed by atoms with van der Waals surface area (Å²) in [7, 11) is 0. The van der Waals surface area contributed by atoms with Gasteiger partial charge in [-0.3, -0.25) is 0 Å². The largest absolute Gasteiger partial charge is 0.493 e. The van der Waals surface area contributed by atoms with Gasteiger partial charge in [0, 0.05) is 0 Å². The summed E-state index contributed by atoms with van der Waals surface area (Å²) in [5.74, 6) is 1.09. The highest BCUT2D eigenvalue weighted by atomic mass is 16.5. The highest BCUT2D eigenvalue weighted by molar-refractivity contribution is 5.33. The number of hydrogen-bond donors (Lipinski definition) is 0. The molecule has 2 rings (SSSR count). The van der Waals surface area contributed by atoms with E-state index in [4.69, 9.17) is 14.3 Å². The molecule has 14 heavy (non-hydrogen) atoms. The van der Waals surface area contributed by atoms with Crippen molar-refractivity contribution in [1.82, 2.24) is 0 Å². The normalized spacial score (nSPS) is 13.4. The van der Waals surface area contributed by atoms with Gasteiger partial charge in [-0.15, -0.1) is 0 Å². The van der Waals surface area contributed by atoms with Gasteiger partial charge < -0.3 is 4.74 Å². The van der Waals surface area contributed by atoms with E-state index >= 15 is 0 Å². The van der Waals surface area contributed by atoms with Crippen molar-refractivity contribution >= 4 is 6.15 Å². The molecule has 0 spiro atoms. The average molecular weight is 192 g/mol. The van der Waals surface area contributed by atoms with Crippen LogP contribution in [0.5, 0.6) is 5.75 Å². The molecule has 74 valence electrons. The Hall–Kier alpha value is -1.60. The molecular formula is C11H12O3. The minimum Gasteiger partial charge on any atom is -0.493 e. The van der Waals surface area contributed by atoms with Crippen LogP contribution in [-0.4, -0.2) is 12.8 Å². The average Bonchev–Trinajstić information content (AvgIpc) is 2.43. The van der Waals surface area contributed by atoms with E-state index in [1.165, 1.54) is 24.8 Å². The van der Waals surface area contributed by atoms with Crippen LogP contribution in [0.1, 0.15) is 18.4 Å². The Labute approximate surface area is 82.7 Å². The third kappa shape index (κ3) is 3.04. The minimum atomic E-state index is 0.250. The van der Waals surface area contributed by atoms with Crippen LogP contribution >= 0.6 is 0 Å². The molecule has 1 aliphatic heterocycles. The zero-order valence-corrected chi connectivity index (χ0v) is 7.86. The molecule has 3 nitrogen and oxygen atoms in total. The molecule has 0 bridgehead atoms. The first-order chi connectivity index (χ1) is 6.88. The van der Waals surface area contributed by atoms with Gasteiger partial charge in [0.2, 0.25) is 0 Å². The Kier molecular flexibility index (Phi) is 4.45. The highest BCUT2D eigenvalue weighted by Gasteiger charge is 2.05. The summed E-state index contributed by atoms with van der Waals surface area (Å²) in [6, 6.07) is 8.32. The first-order valence-corrected chi connectivity index (χ1v) is 4.58. The number of rotatable bonds is 0. The van der Waals surface area contributed by atoms with Gasteiger partial charge in [-0.05, 0) is 30.9 Å². The molecule has 0 unspecified atom stereocenters. The topological polar surface area (TPSA) is 43.4 Å². The van der Waals surface area contributed by atoms with Crippen LogP contribution in [0.25, 0.3) is 0 Å². The van der Waals surface area contributed by atoms with Gasteiger partial charge >= 0.3 is 6.15 Å². The standard InChI is InChI=1S/C10H12O.CO2/c1-2-7-10-9(5-1)6-3-4-8-11-10;2-1-3/h1-2,5,7H,3-4,6,8H2;. The zero-order chi connectivity index (χ0) is 10.2. The van der Waals surface area contributed by atoms with E-state index in [9.17, 15) is 0 Å². The maximum atomic E-state index is 8.12. The fourth-order valence-electron chi connectivity index (χ4n) is 1.45. The van der Waals surface area contributed by atoms with Crippen molar-refractivity contribution in [3.63, 3.8) is 0 Å². The molecule has 0 radical (unpaired) electrons. The second kappa shape index (κ2) is 5.95. The van der Waals surface area contributed by atoms with E-state index in [0.29, 0.717) is 0 Å². The van der Waals surface area contributed by atoms with Crippen LogP contribution in [0, 0.1) is 0 Å². The number of ether oxygens (including phenoxy) is 1. The molecule has 0 saturated carbocycles. The van der Waals surface area contributed by atoms with E-state index < -0.39 is 0 Å². The molecule has 0 amide bonds. The molecule has 1 aromatic rings. The minimum absolute atomic E-state index is 0.250. The second-order valence-corrected chi connectivity index (χ2v) is 3.00. The number of hydrogen-bond acceptors (Lipinski definition) is 3. The van der Waals surface area contributed by atoms with Crippen molar-refractivity contribution in [2.24, 2.45) is 0 Å². The van der Waals surface area contributed by atoms with Crippen molar-refractivity contribution in [2.45, 2.75) is 19.3 Å². The lowest BCUT2D eigenvalue weighted by atomic mass is 10.1. The quantitative estimate of drug-likeness (QED) is 0.629. The fourth-order valence-corrected chi connectivity index (χ4v) is 1.45. The molecule has 0 atom stereocenters. The first kappa shape index (κ1) is 10.5. The Morgan fingerprint density at radius 2 is 1.86 bits per heavy atom. The van der Waals surface area contributed by atoms with E-state index in [0.717, 1.165) is 12.4 Å². The van der Waals surface area contributed by atoms with Crippen LogP contribution in [0.3, 0.4) is 0 Å². The summed E-state index contributed by atoms with van der Waals surface area (Å²) in [4.78, 5) is 16.2. The molecule has 0 N–H and O–H groups in total. The number of carbonyl (C=O) groups excluding carboxylic acids is 2. The molecule has 3 heteroatoms. The van der Waals surface area contributed by atoms with Gasteiger partial charge in [-0.2, -0.15) is 9.59 Å². The first-order valence-electron chi connectivity index (χ1n) is 4.58. The van der Waals surface area contributed by atoms with Gasteiger partial charge in [0.15, 0.2) is 0 Å². The predicted octanol–water partition coefficient (Wildman–Crippen LogP) is 1.82. The van der Waals surface area contributed by atoms with E-state index in [2.05, 4.69) is 18.2 Å². The smallest absolute Gasteiger partial charge is 0.373 e. The second-order valence-electron chi connectivity index (χ2n) is 3.00. The van der Waals surface area contributed by atoms with Crippen LogP contribution in [0.2, 0.25) is 0 Å². The maximum Gasteiger partial charge on any atom is 0.373 e.